The monoisotopic (exact) mass is 294 g/mol. The van der Waals surface area contributed by atoms with Gasteiger partial charge in [-0.3, -0.25) is 9.59 Å². The van der Waals surface area contributed by atoms with Gasteiger partial charge in [-0.15, -0.1) is 0 Å². The Morgan fingerprint density at radius 3 is 2.38 bits per heavy atom. The molecule has 0 aromatic heterocycles. The van der Waals surface area contributed by atoms with Crippen LogP contribution in [0, 0.1) is 11.7 Å². The van der Waals surface area contributed by atoms with Crippen LogP contribution in [-0.4, -0.2) is 35.9 Å². The van der Waals surface area contributed by atoms with Gasteiger partial charge in [-0.2, -0.15) is 0 Å². The van der Waals surface area contributed by atoms with Crippen LogP contribution in [0.5, 0.6) is 5.75 Å². The maximum Gasteiger partial charge on any atom is 0.263 e. The molecule has 0 aliphatic carbocycles. The number of carbonyl (C=O) groups excluding carboxylic acids is 2. The summed E-state index contributed by atoms with van der Waals surface area (Å²) in [5.74, 6) is -0.499. The number of nitrogens with two attached hydrogens (primary N) is 1. The molecule has 1 heterocycles. The lowest BCUT2D eigenvalue weighted by molar-refractivity contribution is -0.140. The Labute approximate surface area is 122 Å². The van der Waals surface area contributed by atoms with E-state index in [1.54, 1.807) is 11.8 Å². The van der Waals surface area contributed by atoms with E-state index in [0.29, 0.717) is 31.7 Å². The molecular formula is C15H19FN2O3. The van der Waals surface area contributed by atoms with Crippen molar-refractivity contribution >= 4 is 11.8 Å². The van der Waals surface area contributed by atoms with E-state index in [0.717, 1.165) is 0 Å². The summed E-state index contributed by atoms with van der Waals surface area (Å²) >= 11 is 0. The summed E-state index contributed by atoms with van der Waals surface area (Å²) < 4.78 is 18.3. The van der Waals surface area contributed by atoms with E-state index in [-0.39, 0.29) is 23.5 Å². The van der Waals surface area contributed by atoms with Gasteiger partial charge < -0.3 is 15.4 Å². The molecule has 1 aromatic carbocycles. The maximum atomic E-state index is 12.8. The Morgan fingerprint density at radius 1 is 1.29 bits per heavy atom. The molecule has 0 saturated carbocycles. The van der Waals surface area contributed by atoms with Gasteiger partial charge in [-0.25, -0.2) is 4.39 Å². The van der Waals surface area contributed by atoms with Crippen molar-refractivity contribution in [1.29, 1.82) is 0 Å². The van der Waals surface area contributed by atoms with E-state index < -0.39 is 6.10 Å². The number of primary amides is 1. The number of hydrogen-bond donors (Lipinski definition) is 1. The summed E-state index contributed by atoms with van der Waals surface area (Å²) in [6, 6.07) is 5.53. The topological polar surface area (TPSA) is 72.6 Å². The standard InChI is InChI=1S/C15H19FN2O3/c1-10(21-13-4-2-12(16)3-5-13)15(20)18-8-6-11(7-9-18)14(17)19/h2-5,10-11H,6-9H2,1H3,(H2,17,19). The first-order chi connectivity index (χ1) is 9.97. The van der Waals surface area contributed by atoms with Gasteiger partial charge in [-0.05, 0) is 44.0 Å². The quantitative estimate of drug-likeness (QED) is 0.910. The molecule has 0 spiro atoms. The van der Waals surface area contributed by atoms with Crippen molar-refractivity contribution in [1.82, 2.24) is 4.90 Å². The second-order valence-corrected chi connectivity index (χ2v) is 5.22. The number of ether oxygens (including phenoxy) is 1. The van der Waals surface area contributed by atoms with E-state index in [2.05, 4.69) is 0 Å². The molecule has 114 valence electrons. The lowest BCUT2D eigenvalue weighted by Crippen LogP contribution is -2.46. The summed E-state index contributed by atoms with van der Waals surface area (Å²) in [5, 5.41) is 0. The molecule has 2 N–H and O–H groups in total. The van der Waals surface area contributed by atoms with Gasteiger partial charge in [0, 0.05) is 19.0 Å². The minimum Gasteiger partial charge on any atom is -0.481 e. The number of benzene rings is 1. The predicted molar refractivity (Wildman–Crippen MR) is 75.0 cm³/mol. The molecule has 5 nitrogen and oxygen atoms in total. The van der Waals surface area contributed by atoms with Gasteiger partial charge in [0.05, 0.1) is 0 Å². The van der Waals surface area contributed by atoms with E-state index in [1.807, 2.05) is 0 Å². The van der Waals surface area contributed by atoms with Crippen LogP contribution in [0.2, 0.25) is 0 Å². The third-order valence-electron chi connectivity index (χ3n) is 3.68. The van der Waals surface area contributed by atoms with Crippen molar-refractivity contribution in [2.75, 3.05) is 13.1 Å². The summed E-state index contributed by atoms with van der Waals surface area (Å²) in [4.78, 5) is 25.0. The van der Waals surface area contributed by atoms with E-state index in [4.69, 9.17) is 10.5 Å². The summed E-state index contributed by atoms with van der Waals surface area (Å²) in [6.07, 6.45) is 0.523. The van der Waals surface area contributed by atoms with Gasteiger partial charge in [-0.1, -0.05) is 0 Å². The van der Waals surface area contributed by atoms with Crippen LogP contribution < -0.4 is 10.5 Å². The second-order valence-electron chi connectivity index (χ2n) is 5.22. The van der Waals surface area contributed by atoms with Gasteiger partial charge in [0.1, 0.15) is 11.6 Å². The van der Waals surface area contributed by atoms with Crippen molar-refractivity contribution in [3.05, 3.63) is 30.1 Å². The summed E-state index contributed by atoms with van der Waals surface area (Å²) in [5.41, 5.74) is 5.27. The first-order valence-corrected chi connectivity index (χ1v) is 6.97. The van der Waals surface area contributed by atoms with Crippen LogP contribution in [0.1, 0.15) is 19.8 Å². The Morgan fingerprint density at radius 2 is 1.86 bits per heavy atom. The Balaban J connectivity index is 1.88. The minimum atomic E-state index is -0.652. The molecule has 0 radical (unpaired) electrons. The van der Waals surface area contributed by atoms with Crippen LogP contribution in [-0.2, 0) is 9.59 Å². The zero-order chi connectivity index (χ0) is 15.4. The van der Waals surface area contributed by atoms with E-state index in [9.17, 15) is 14.0 Å². The lowest BCUT2D eigenvalue weighted by Gasteiger charge is -2.32. The van der Waals surface area contributed by atoms with Crippen molar-refractivity contribution in [3.63, 3.8) is 0 Å². The Kier molecular flexibility index (Phi) is 4.77. The van der Waals surface area contributed by atoms with Gasteiger partial charge in [0.2, 0.25) is 5.91 Å². The molecule has 6 heteroatoms. The normalized spacial score (nSPS) is 17.3. The highest BCUT2D eigenvalue weighted by atomic mass is 19.1. The summed E-state index contributed by atoms with van der Waals surface area (Å²) in [6.45, 7) is 2.67. The highest BCUT2D eigenvalue weighted by molar-refractivity contribution is 5.82. The molecule has 1 aromatic rings. The molecular weight excluding hydrogens is 275 g/mol. The number of likely N-dealkylation sites (tertiary alicyclic amines) is 1. The van der Waals surface area contributed by atoms with Crippen molar-refractivity contribution < 1.29 is 18.7 Å². The SMILES string of the molecule is CC(Oc1ccc(F)cc1)C(=O)N1CCC(C(N)=O)CC1. The first-order valence-electron chi connectivity index (χ1n) is 6.97. The van der Waals surface area contributed by atoms with Crippen molar-refractivity contribution in [2.45, 2.75) is 25.9 Å². The van der Waals surface area contributed by atoms with Crippen LogP contribution >= 0.6 is 0 Å². The first kappa shape index (κ1) is 15.3. The average molecular weight is 294 g/mol. The molecule has 0 bridgehead atoms. The Hall–Kier alpha value is -2.11. The second kappa shape index (κ2) is 6.56. The van der Waals surface area contributed by atoms with Crippen LogP contribution in [0.15, 0.2) is 24.3 Å². The van der Waals surface area contributed by atoms with Crippen LogP contribution in [0.4, 0.5) is 4.39 Å². The van der Waals surface area contributed by atoms with E-state index in [1.165, 1.54) is 24.3 Å². The zero-order valence-electron chi connectivity index (χ0n) is 11.9. The molecule has 1 atom stereocenters. The molecule has 1 aliphatic rings. The molecule has 1 saturated heterocycles. The zero-order valence-corrected chi connectivity index (χ0v) is 11.9. The Bertz CT molecular complexity index is 510. The predicted octanol–water partition coefficient (Wildman–Crippen LogP) is 1.32. The lowest BCUT2D eigenvalue weighted by atomic mass is 9.96. The molecule has 1 aliphatic heterocycles. The number of nitrogens with zero attached hydrogens (tertiary/aromatic N) is 1. The maximum absolute atomic E-state index is 12.8. The number of hydrogen-bond acceptors (Lipinski definition) is 3. The number of piperidine rings is 1. The van der Waals surface area contributed by atoms with Gasteiger partial charge in [0.15, 0.2) is 6.10 Å². The van der Waals surface area contributed by atoms with Crippen LogP contribution in [0.25, 0.3) is 0 Å². The number of amides is 2. The van der Waals surface area contributed by atoms with Gasteiger partial charge >= 0.3 is 0 Å². The van der Waals surface area contributed by atoms with Crippen LogP contribution in [0.3, 0.4) is 0 Å². The largest absolute Gasteiger partial charge is 0.481 e. The number of halogens is 1. The molecule has 1 unspecified atom stereocenters. The molecule has 1 fully saturated rings. The highest BCUT2D eigenvalue weighted by Crippen LogP contribution is 2.19. The van der Waals surface area contributed by atoms with Crippen molar-refractivity contribution in [2.24, 2.45) is 11.7 Å². The third-order valence-corrected chi connectivity index (χ3v) is 3.68. The van der Waals surface area contributed by atoms with Gasteiger partial charge in [0.25, 0.3) is 5.91 Å². The molecule has 21 heavy (non-hydrogen) atoms. The summed E-state index contributed by atoms with van der Waals surface area (Å²) in [7, 11) is 0. The fourth-order valence-corrected chi connectivity index (χ4v) is 2.41. The van der Waals surface area contributed by atoms with E-state index >= 15 is 0 Å². The molecule has 2 rings (SSSR count). The average Bonchev–Trinajstić information content (AvgIpc) is 2.49. The highest BCUT2D eigenvalue weighted by Gasteiger charge is 2.28. The van der Waals surface area contributed by atoms with Crippen molar-refractivity contribution in [3.8, 4) is 5.75 Å². The fourth-order valence-electron chi connectivity index (χ4n) is 2.41. The number of carbonyl (C=O) groups is 2. The minimum absolute atomic E-state index is 0.137. The number of rotatable bonds is 4. The smallest absolute Gasteiger partial charge is 0.263 e. The fraction of sp³-hybridized carbons (Fsp3) is 0.467. The molecule has 2 amide bonds. The third kappa shape index (κ3) is 3.93.